The predicted octanol–water partition coefficient (Wildman–Crippen LogP) is 1.68. The van der Waals surface area contributed by atoms with Gasteiger partial charge in [-0.15, -0.1) is 0 Å². The number of hydrogen-bond acceptors (Lipinski definition) is 5. The molecule has 28 heavy (non-hydrogen) atoms. The van der Waals surface area contributed by atoms with Crippen LogP contribution in [-0.4, -0.2) is 52.0 Å². The van der Waals surface area contributed by atoms with Gasteiger partial charge in [-0.05, 0) is 25.0 Å². The monoisotopic (exact) mass is 382 g/mol. The Kier molecular flexibility index (Phi) is 3.64. The number of methoxy groups -OCH3 is 1. The minimum absolute atomic E-state index is 0.249. The van der Waals surface area contributed by atoms with Crippen LogP contribution in [0, 0.1) is 11.3 Å². The van der Waals surface area contributed by atoms with Gasteiger partial charge in [-0.2, -0.15) is 0 Å². The maximum Gasteiger partial charge on any atom is 0.316 e. The summed E-state index contributed by atoms with van der Waals surface area (Å²) in [6, 6.07) is 7.83. The van der Waals surface area contributed by atoms with Gasteiger partial charge in [-0.25, -0.2) is 0 Å². The number of benzene rings is 1. The Morgan fingerprint density at radius 2 is 2.14 bits per heavy atom. The minimum Gasteiger partial charge on any atom is -0.468 e. The normalized spacial score (nSPS) is 37.3. The summed E-state index contributed by atoms with van der Waals surface area (Å²) in [4.78, 5) is 15.1. The number of aryl methyl sites for hydroxylation is 1. The van der Waals surface area contributed by atoms with Gasteiger partial charge in [0.05, 0.1) is 19.4 Å². The molecule has 4 bridgehead atoms. The first-order valence-electron chi connectivity index (χ1n) is 9.84. The first kappa shape index (κ1) is 17.9. The quantitative estimate of drug-likeness (QED) is 0.611. The topological polar surface area (TPSA) is 74.9 Å². The number of piperidine rings is 3. The number of aliphatic hydroxyl groups excluding tert-OH is 1. The molecular formula is C22H26N2O4. The van der Waals surface area contributed by atoms with Crippen LogP contribution < -0.4 is 0 Å². The Bertz CT molecular complexity index is 1020. The van der Waals surface area contributed by atoms with Gasteiger partial charge in [-0.1, -0.05) is 29.8 Å². The van der Waals surface area contributed by atoms with Crippen molar-refractivity contribution >= 4 is 16.9 Å². The highest BCUT2D eigenvalue weighted by Gasteiger charge is 2.69. The maximum absolute atomic E-state index is 13.0. The van der Waals surface area contributed by atoms with Gasteiger partial charge in [0.2, 0.25) is 0 Å². The van der Waals surface area contributed by atoms with Gasteiger partial charge in [0.15, 0.2) is 5.72 Å². The molecule has 2 unspecified atom stereocenters. The van der Waals surface area contributed by atoms with E-state index >= 15 is 0 Å². The lowest BCUT2D eigenvalue weighted by Crippen LogP contribution is -2.75. The highest BCUT2D eigenvalue weighted by Crippen LogP contribution is 2.61. The lowest BCUT2D eigenvalue weighted by molar-refractivity contribution is -0.253. The van der Waals surface area contributed by atoms with E-state index < -0.39 is 11.1 Å². The Hall–Kier alpha value is -2.15. The molecule has 0 spiro atoms. The number of nitrogens with zero attached hydrogens (tertiary/aromatic N) is 2. The fraction of sp³-hybridized carbons (Fsp3) is 0.500. The fourth-order valence-corrected chi connectivity index (χ4v) is 6.31. The molecule has 0 radical (unpaired) electrons. The molecule has 6 rings (SSSR count). The largest absolute Gasteiger partial charge is 0.468 e. The summed E-state index contributed by atoms with van der Waals surface area (Å²) >= 11 is 0. The maximum atomic E-state index is 13.0. The van der Waals surface area contributed by atoms with Crippen molar-refractivity contribution in [2.24, 2.45) is 18.4 Å². The zero-order chi connectivity index (χ0) is 19.8. The number of hydrogen-bond donors (Lipinski definition) is 2. The van der Waals surface area contributed by atoms with E-state index in [1.165, 1.54) is 7.11 Å². The van der Waals surface area contributed by atoms with Gasteiger partial charge >= 0.3 is 5.97 Å². The molecule has 5 heterocycles. The van der Waals surface area contributed by atoms with Crippen molar-refractivity contribution in [3.8, 4) is 0 Å². The van der Waals surface area contributed by atoms with Crippen LogP contribution in [0.25, 0.3) is 10.9 Å². The number of aliphatic hydroxyl groups is 2. The lowest BCUT2D eigenvalue weighted by Gasteiger charge is -2.65. The molecule has 1 aromatic carbocycles. The molecule has 4 aliphatic heterocycles. The Morgan fingerprint density at radius 1 is 1.39 bits per heavy atom. The third-order valence-electron chi connectivity index (χ3n) is 7.54. The SMILES string of the molecule is C/C=C1/CN2[C@H]3Cc4c(n(C)c5ccccc45)[C@]2(O)C[C@@H]1C3(CO)C(=O)OC. The van der Waals surface area contributed by atoms with Crippen molar-refractivity contribution < 1.29 is 19.7 Å². The van der Waals surface area contributed by atoms with E-state index in [1.54, 1.807) is 0 Å². The zero-order valence-electron chi connectivity index (χ0n) is 16.5. The number of carbonyl (C=O) groups is 1. The van der Waals surface area contributed by atoms with Crippen LogP contribution in [0.2, 0.25) is 0 Å². The van der Waals surface area contributed by atoms with Crippen LogP contribution in [0.3, 0.4) is 0 Å². The van der Waals surface area contributed by atoms with E-state index in [0.717, 1.165) is 27.7 Å². The fourth-order valence-electron chi connectivity index (χ4n) is 6.31. The number of para-hydroxylation sites is 1. The molecule has 0 saturated carbocycles. The van der Waals surface area contributed by atoms with Gasteiger partial charge in [0.25, 0.3) is 0 Å². The minimum atomic E-state index is -1.16. The lowest BCUT2D eigenvalue weighted by atomic mass is 9.54. The molecular weight excluding hydrogens is 356 g/mol. The van der Waals surface area contributed by atoms with Crippen molar-refractivity contribution in [2.45, 2.75) is 31.5 Å². The molecule has 2 N–H and O–H groups in total. The third-order valence-corrected chi connectivity index (χ3v) is 7.54. The zero-order valence-corrected chi connectivity index (χ0v) is 16.5. The molecule has 6 heteroatoms. The molecule has 5 atom stereocenters. The summed E-state index contributed by atoms with van der Waals surface area (Å²) in [5.41, 5.74) is 1.94. The van der Waals surface area contributed by atoms with Gasteiger partial charge < -0.3 is 19.5 Å². The Morgan fingerprint density at radius 3 is 2.82 bits per heavy atom. The first-order chi connectivity index (χ1) is 13.4. The van der Waals surface area contributed by atoms with E-state index in [2.05, 4.69) is 16.7 Å². The van der Waals surface area contributed by atoms with Crippen LogP contribution in [0.1, 0.15) is 24.6 Å². The summed E-state index contributed by atoms with van der Waals surface area (Å²) in [6.45, 7) is 2.26. The second-order valence-electron chi connectivity index (χ2n) is 8.38. The van der Waals surface area contributed by atoms with Crippen LogP contribution in [0.4, 0.5) is 0 Å². The highest BCUT2D eigenvalue weighted by atomic mass is 16.5. The van der Waals surface area contributed by atoms with Crippen LogP contribution in [0.15, 0.2) is 35.9 Å². The van der Waals surface area contributed by atoms with Crippen molar-refractivity contribution in [1.29, 1.82) is 0 Å². The van der Waals surface area contributed by atoms with E-state index in [1.807, 2.05) is 37.1 Å². The number of fused-ring (bicyclic) bond motifs is 4. The third kappa shape index (κ3) is 1.81. The number of carbonyl (C=O) groups excluding carboxylic acids is 1. The van der Waals surface area contributed by atoms with Gasteiger partial charge in [0.1, 0.15) is 5.41 Å². The number of ether oxygens (including phenoxy) is 1. The Balaban J connectivity index is 1.81. The molecule has 2 aromatic rings. The molecule has 4 aliphatic rings. The van der Waals surface area contributed by atoms with Crippen LogP contribution in [0.5, 0.6) is 0 Å². The van der Waals surface area contributed by atoms with Crippen molar-refractivity contribution in [2.75, 3.05) is 20.3 Å². The van der Waals surface area contributed by atoms with E-state index in [4.69, 9.17) is 4.74 Å². The van der Waals surface area contributed by atoms with Gasteiger partial charge in [-0.3, -0.25) is 9.69 Å². The average molecular weight is 382 g/mol. The summed E-state index contributed by atoms with van der Waals surface area (Å²) in [5, 5.41) is 23.6. The number of aromatic nitrogens is 1. The number of allylic oxidation sites excluding steroid dienone is 1. The molecule has 1 aromatic heterocycles. The average Bonchev–Trinajstić information content (AvgIpc) is 3.00. The molecule has 3 saturated heterocycles. The predicted molar refractivity (Wildman–Crippen MR) is 104 cm³/mol. The van der Waals surface area contributed by atoms with E-state index in [0.29, 0.717) is 19.4 Å². The molecule has 148 valence electrons. The van der Waals surface area contributed by atoms with Crippen molar-refractivity contribution in [1.82, 2.24) is 9.47 Å². The van der Waals surface area contributed by atoms with Crippen molar-refractivity contribution in [3.63, 3.8) is 0 Å². The van der Waals surface area contributed by atoms with E-state index in [9.17, 15) is 15.0 Å². The number of esters is 1. The Labute approximate surface area is 164 Å². The summed E-state index contributed by atoms with van der Waals surface area (Å²) in [6.07, 6.45) is 2.99. The summed E-state index contributed by atoms with van der Waals surface area (Å²) in [7, 11) is 3.38. The van der Waals surface area contributed by atoms with Crippen LogP contribution in [-0.2, 0) is 28.7 Å². The summed E-state index contributed by atoms with van der Waals surface area (Å²) < 4.78 is 7.29. The van der Waals surface area contributed by atoms with Crippen LogP contribution >= 0.6 is 0 Å². The second kappa shape index (κ2) is 5.69. The summed E-state index contributed by atoms with van der Waals surface area (Å²) in [5.74, 6) is -0.638. The first-order valence-corrected chi connectivity index (χ1v) is 9.84. The molecule has 3 fully saturated rings. The standard InChI is InChI=1S/C22H26N2O4/c1-4-13-11-24-18-9-15-14-7-5-6-8-17(14)23(2)19(15)22(24,27)10-16(13)21(18,12-25)20(26)28-3/h4-8,16,18,25,27H,9-12H2,1-3H3/b13-4-/t16-,18-,21?,22+/m0/s1. The smallest absolute Gasteiger partial charge is 0.316 e. The van der Waals surface area contributed by atoms with E-state index in [-0.39, 0.29) is 24.5 Å². The molecule has 0 aliphatic carbocycles. The van der Waals surface area contributed by atoms with Gasteiger partial charge in [0, 0.05) is 42.9 Å². The highest BCUT2D eigenvalue weighted by molar-refractivity contribution is 5.87. The second-order valence-corrected chi connectivity index (χ2v) is 8.38. The number of rotatable bonds is 2. The van der Waals surface area contributed by atoms with Crippen molar-refractivity contribution in [3.05, 3.63) is 47.2 Å². The molecule has 0 amide bonds. The molecule has 6 nitrogen and oxygen atoms in total.